The molecule has 1 aromatic heterocycles. The number of ether oxygens (including phenoxy) is 1. The predicted molar refractivity (Wildman–Crippen MR) is 106 cm³/mol. The molecule has 0 spiro atoms. The summed E-state index contributed by atoms with van der Waals surface area (Å²) in [6, 6.07) is 9.46. The van der Waals surface area contributed by atoms with E-state index in [1.54, 1.807) is 6.92 Å². The van der Waals surface area contributed by atoms with Crippen molar-refractivity contribution in [3.8, 4) is 0 Å². The van der Waals surface area contributed by atoms with Crippen LogP contribution in [0.15, 0.2) is 30.3 Å². The van der Waals surface area contributed by atoms with Gasteiger partial charge in [0, 0.05) is 18.8 Å². The number of carbonyl (C=O) groups is 3. The third-order valence-corrected chi connectivity index (χ3v) is 4.35. The first-order valence-electron chi connectivity index (χ1n) is 9.36. The second-order valence-corrected chi connectivity index (χ2v) is 6.49. The molecule has 2 amide bonds. The van der Waals surface area contributed by atoms with Gasteiger partial charge >= 0.3 is 5.97 Å². The normalized spacial score (nSPS) is 10.4. The van der Waals surface area contributed by atoms with Crippen molar-refractivity contribution in [1.29, 1.82) is 0 Å². The lowest BCUT2D eigenvalue weighted by Gasteiger charge is -2.08. The largest absolute Gasteiger partial charge is 0.465 e. The van der Waals surface area contributed by atoms with Gasteiger partial charge in [0.05, 0.1) is 19.1 Å². The first-order chi connectivity index (χ1) is 13.5. The number of methoxy groups -OCH3 is 1. The maximum atomic E-state index is 12.5. The Balaban J connectivity index is 1.90. The number of nitrogens with one attached hydrogen (secondary N) is 3. The lowest BCUT2D eigenvalue weighted by molar-refractivity contribution is -0.120. The Kier molecular flexibility index (Phi) is 7.80. The van der Waals surface area contributed by atoms with Crippen LogP contribution in [0, 0.1) is 6.92 Å². The second kappa shape index (κ2) is 10.3. The van der Waals surface area contributed by atoms with E-state index in [-0.39, 0.29) is 18.4 Å². The quantitative estimate of drug-likeness (QED) is 0.455. The maximum absolute atomic E-state index is 12.5. The number of rotatable bonds is 9. The number of esters is 1. The van der Waals surface area contributed by atoms with E-state index in [0.29, 0.717) is 41.9 Å². The van der Waals surface area contributed by atoms with Crippen LogP contribution in [0.2, 0.25) is 0 Å². The molecule has 0 fully saturated rings. The summed E-state index contributed by atoms with van der Waals surface area (Å²) in [5.41, 5.74) is 3.00. The SMILES string of the molecule is CCCc1c(C(=O)NCCNC(=O)Cc2ccccc2)[nH]c(C)c1C(=O)OC. The van der Waals surface area contributed by atoms with E-state index in [1.807, 2.05) is 37.3 Å². The van der Waals surface area contributed by atoms with Gasteiger partial charge in [0.2, 0.25) is 5.91 Å². The van der Waals surface area contributed by atoms with Gasteiger partial charge in [0.15, 0.2) is 0 Å². The monoisotopic (exact) mass is 385 g/mol. The van der Waals surface area contributed by atoms with Crippen LogP contribution < -0.4 is 10.6 Å². The second-order valence-electron chi connectivity index (χ2n) is 6.49. The van der Waals surface area contributed by atoms with E-state index >= 15 is 0 Å². The van der Waals surface area contributed by atoms with Crippen LogP contribution in [0.5, 0.6) is 0 Å². The van der Waals surface area contributed by atoms with E-state index < -0.39 is 5.97 Å². The van der Waals surface area contributed by atoms with E-state index in [1.165, 1.54) is 7.11 Å². The zero-order valence-corrected chi connectivity index (χ0v) is 16.6. The molecule has 1 aromatic carbocycles. The molecule has 0 aliphatic carbocycles. The molecule has 7 heteroatoms. The number of amides is 2. The Hall–Kier alpha value is -3.09. The zero-order chi connectivity index (χ0) is 20.5. The minimum Gasteiger partial charge on any atom is -0.465 e. The summed E-state index contributed by atoms with van der Waals surface area (Å²) >= 11 is 0. The molecule has 0 saturated heterocycles. The van der Waals surface area contributed by atoms with Crippen LogP contribution in [-0.4, -0.2) is 43.0 Å². The summed E-state index contributed by atoms with van der Waals surface area (Å²) in [7, 11) is 1.32. The number of aromatic amines is 1. The number of hydrogen-bond acceptors (Lipinski definition) is 4. The van der Waals surface area contributed by atoms with Crippen LogP contribution in [0.25, 0.3) is 0 Å². The molecule has 0 aliphatic rings. The van der Waals surface area contributed by atoms with Crippen LogP contribution in [0.4, 0.5) is 0 Å². The number of H-pyrrole nitrogens is 1. The fourth-order valence-corrected chi connectivity index (χ4v) is 3.06. The minimum atomic E-state index is -0.454. The van der Waals surface area contributed by atoms with Crippen molar-refractivity contribution in [3.63, 3.8) is 0 Å². The molecular weight excluding hydrogens is 358 g/mol. The number of aryl methyl sites for hydroxylation is 1. The lowest BCUT2D eigenvalue weighted by atomic mass is 10.0. The van der Waals surface area contributed by atoms with Crippen molar-refractivity contribution in [2.24, 2.45) is 0 Å². The Morgan fingerprint density at radius 1 is 1.07 bits per heavy atom. The summed E-state index contributed by atoms with van der Waals surface area (Å²) < 4.78 is 4.83. The fraction of sp³-hybridized carbons (Fsp3) is 0.381. The van der Waals surface area contributed by atoms with Gasteiger partial charge in [-0.2, -0.15) is 0 Å². The average Bonchev–Trinajstić information content (AvgIpc) is 3.01. The highest BCUT2D eigenvalue weighted by Crippen LogP contribution is 2.21. The summed E-state index contributed by atoms with van der Waals surface area (Å²) in [6.07, 6.45) is 1.68. The Bertz CT molecular complexity index is 828. The van der Waals surface area contributed by atoms with Crippen molar-refractivity contribution in [2.45, 2.75) is 33.1 Å². The highest BCUT2D eigenvalue weighted by molar-refractivity contribution is 6.00. The van der Waals surface area contributed by atoms with Crippen molar-refractivity contribution in [2.75, 3.05) is 20.2 Å². The van der Waals surface area contributed by atoms with Crippen molar-refractivity contribution < 1.29 is 19.1 Å². The Morgan fingerprint density at radius 3 is 2.39 bits per heavy atom. The zero-order valence-electron chi connectivity index (χ0n) is 16.6. The first kappa shape index (κ1) is 21.2. The van der Waals surface area contributed by atoms with Gasteiger partial charge in [-0.15, -0.1) is 0 Å². The maximum Gasteiger partial charge on any atom is 0.339 e. The van der Waals surface area contributed by atoms with Crippen LogP contribution >= 0.6 is 0 Å². The molecule has 2 rings (SSSR count). The fourth-order valence-electron chi connectivity index (χ4n) is 3.06. The predicted octanol–water partition coefficient (Wildman–Crippen LogP) is 2.15. The molecule has 3 N–H and O–H groups in total. The smallest absolute Gasteiger partial charge is 0.339 e. The van der Waals surface area contributed by atoms with Crippen molar-refractivity contribution in [3.05, 3.63) is 58.4 Å². The summed E-state index contributed by atoms with van der Waals surface area (Å²) in [6.45, 7) is 4.33. The molecular formula is C21H27N3O4. The van der Waals surface area contributed by atoms with E-state index in [0.717, 1.165) is 12.0 Å². The third-order valence-electron chi connectivity index (χ3n) is 4.35. The Morgan fingerprint density at radius 2 is 1.75 bits per heavy atom. The van der Waals surface area contributed by atoms with Crippen LogP contribution in [-0.2, 0) is 22.4 Å². The Labute approximate surface area is 164 Å². The van der Waals surface area contributed by atoms with E-state index in [9.17, 15) is 14.4 Å². The van der Waals surface area contributed by atoms with E-state index in [4.69, 9.17) is 4.74 Å². The first-order valence-corrected chi connectivity index (χ1v) is 9.36. The summed E-state index contributed by atoms with van der Waals surface area (Å²) in [4.78, 5) is 39.5. The molecule has 0 saturated carbocycles. The summed E-state index contributed by atoms with van der Waals surface area (Å²) in [5.74, 6) is -0.862. The minimum absolute atomic E-state index is 0.101. The number of hydrogen-bond donors (Lipinski definition) is 3. The highest BCUT2D eigenvalue weighted by atomic mass is 16.5. The average molecular weight is 385 g/mol. The lowest BCUT2D eigenvalue weighted by Crippen LogP contribution is -2.35. The number of benzene rings is 1. The van der Waals surface area contributed by atoms with Gasteiger partial charge in [-0.1, -0.05) is 43.7 Å². The van der Waals surface area contributed by atoms with Gasteiger partial charge in [-0.25, -0.2) is 4.79 Å². The number of aromatic nitrogens is 1. The molecule has 0 radical (unpaired) electrons. The van der Waals surface area contributed by atoms with Gasteiger partial charge in [0.25, 0.3) is 5.91 Å². The molecule has 2 aromatic rings. The molecule has 0 bridgehead atoms. The highest BCUT2D eigenvalue weighted by Gasteiger charge is 2.24. The van der Waals surface area contributed by atoms with Crippen molar-refractivity contribution in [1.82, 2.24) is 15.6 Å². The number of carbonyl (C=O) groups excluding carboxylic acids is 3. The van der Waals surface area contributed by atoms with Crippen LogP contribution in [0.1, 0.15) is 51.0 Å². The molecule has 0 unspecified atom stereocenters. The molecule has 7 nitrogen and oxygen atoms in total. The van der Waals surface area contributed by atoms with Gasteiger partial charge in [-0.05, 0) is 24.5 Å². The topological polar surface area (TPSA) is 100 Å². The van der Waals surface area contributed by atoms with Gasteiger partial charge < -0.3 is 20.4 Å². The standard InChI is InChI=1S/C21H27N3O4/c1-4-8-16-18(21(27)28-3)14(2)24-19(16)20(26)23-12-11-22-17(25)13-15-9-6-5-7-10-15/h5-7,9-10,24H,4,8,11-13H2,1-3H3,(H,22,25)(H,23,26). The van der Waals surface area contributed by atoms with Gasteiger partial charge in [0.1, 0.15) is 5.69 Å². The molecule has 1 heterocycles. The summed E-state index contributed by atoms with van der Waals surface area (Å²) in [5, 5.41) is 5.56. The molecule has 0 aliphatic heterocycles. The van der Waals surface area contributed by atoms with Crippen molar-refractivity contribution >= 4 is 17.8 Å². The third kappa shape index (κ3) is 5.45. The van der Waals surface area contributed by atoms with E-state index in [2.05, 4.69) is 15.6 Å². The molecule has 0 atom stereocenters. The van der Waals surface area contributed by atoms with Gasteiger partial charge in [-0.3, -0.25) is 9.59 Å². The molecule has 150 valence electrons. The molecule has 28 heavy (non-hydrogen) atoms. The van der Waals surface area contributed by atoms with Crippen LogP contribution in [0.3, 0.4) is 0 Å².